The molecule has 3 fully saturated rings. The largest absolute Gasteiger partial charge is 0.356 e. The van der Waals surface area contributed by atoms with Gasteiger partial charge in [-0.3, -0.25) is 4.79 Å². The summed E-state index contributed by atoms with van der Waals surface area (Å²) in [5.74, 6) is 1.53. The van der Waals surface area contributed by atoms with E-state index in [1.807, 2.05) is 18.3 Å². The maximum atomic E-state index is 13.3. The fourth-order valence-corrected chi connectivity index (χ4v) is 5.05. The highest BCUT2D eigenvalue weighted by Crippen LogP contribution is 2.32. The first-order valence-electron chi connectivity index (χ1n) is 9.91. The lowest BCUT2D eigenvalue weighted by Gasteiger charge is -2.38. The van der Waals surface area contributed by atoms with Crippen molar-refractivity contribution < 1.29 is 4.79 Å². The van der Waals surface area contributed by atoms with Gasteiger partial charge in [0.1, 0.15) is 5.82 Å². The summed E-state index contributed by atoms with van der Waals surface area (Å²) in [6, 6.07) is 7.04. The van der Waals surface area contributed by atoms with E-state index in [2.05, 4.69) is 32.8 Å². The Morgan fingerprint density at radius 1 is 1.04 bits per heavy atom. The Morgan fingerprint density at radius 2 is 1.84 bits per heavy atom. The number of amides is 1. The van der Waals surface area contributed by atoms with Crippen molar-refractivity contribution in [2.24, 2.45) is 5.92 Å². The van der Waals surface area contributed by atoms with Crippen LogP contribution in [0.5, 0.6) is 0 Å². The van der Waals surface area contributed by atoms with E-state index in [-0.39, 0.29) is 5.92 Å². The number of likely N-dealkylation sites (tertiary alicyclic amines) is 2. The molecule has 1 aromatic rings. The zero-order valence-corrected chi connectivity index (χ0v) is 15.3. The molecule has 3 aliphatic rings. The average molecular weight is 342 g/mol. The number of hydrogen-bond acceptors (Lipinski definition) is 4. The zero-order chi connectivity index (χ0) is 17.2. The minimum absolute atomic E-state index is 0.128. The molecule has 0 bridgehead atoms. The number of carbonyl (C=O) groups excluding carboxylic acids is 1. The summed E-state index contributed by atoms with van der Waals surface area (Å²) in [5, 5.41) is 0. The van der Waals surface area contributed by atoms with Gasteiger partial charge in [-0.05, 0) is 64.3 Å². The molecule has 5 heteroatoms. The first-order valence-corrected chi connectivity index (χ1v) is 9.91. The van der Waals surface area contributed by atoms with Crippen molar-refractivity contribution in [1.29, 1.82) is 0 Å². The van der Waals surface area contributed by atoms with E-state index >= 15 is 0 Å². The molecule has 0 spiro atoms. The number of piperidine rings is 1. The normalized spacial score (nSPS) is 30.8. The molecule has 136 valence electrons. The third-order valence-electron chi connectivity index (χ3n) is 6.35. The van der Waals surface area contributed by atoms with Crippen LogP contribution in [-0.4, -0.2) is 66.0 Å². The van der Waals surface area contributed by atoms with Gasteiger partial charge in [-0.25, -0.2) is 4.98 Å². The summed E-state index contributed by atoms with van der Waals surface area (Å²) >= 11 is 0. The van der Waals surface area contributed by atoms with Crippen molar-refractivity contribution >= 4 is 11.7 Å². The van der Waals surface area contributed by atoms with E-state index in [4.69, 9.17) is 0 Å². The predicted octanol–water partition coefficient (Wildman–Crippen LogP) is 2.38. The molecule has 3 unspecified atom stereocenters. The summed E-state index contributed by atoms with van der Waals surface area (Å²) in [6.45, 7) is 3.96. The highest BCUT2D eigenvalue weighted by molar-refractivity contribution is 5.80. The van der Waals surface area contributed by atoms with Crippen LogP contribution in [-0.2, 0) is 4.79 Å². The lowest BCUT2D eigenvalue weighted by Crippen LogP contribution is -2.51. The van der Waals surface area contributed by atoms with Gasteiger partial charge in [0.15, 0.2) is 0 Å². The van der Waals surface area contributed by atoms with E-state index in [9.17, 15) is 4.79 Å². The van der Waals surface area contributed by atoms with Crippen LogP contribution in [0.3, 0.4) is 0 Å². The highest BCUT2D eigenvalue weighted by atomic mass is 16.2. The number of likely N-dealkylation sites (N-methyl/N-ethyl adjacent to an activating group) is 1. The first kappa shape index (κ1) is 16.8. The Kier molecular flexibility index (Phi) is 4.93. The molecule has 4 rings (SSSR count). The van der Waals surface area contributed by atoms with Gasteiger partial charge in [0.05, 0.1) is 5.92 Å². The Labute approximate surface area is 151 Å². The van der Waals surface area contributed by atoms with E-state index in [1.54, 1.807) is 0 Å². The van der Waals surface area contributed by atoms with Crippen LogP contribution in [0.4, 0.5) is 5.82 Å². The van der Waals surface area contributed by atoms with Crippen LogP contribution < -0.4 is 4.90 Å². The van der Waals surface area contributed by atoms with Gasteiger partial charge in [-0.2, -0.15) is 0 Å². The van der Waals surface area contributed by atoms with Gasteiger partial charge in [0.25, 0.3) is 0 Å². The molecule has 3 atom stereocenters. The van der Waals surface area contributed by atoms with Crippen LogP contribution >= 0.6 is 0 Å². The van der Waals surface area contributed by atoms with Crippen molar-refractivity contribution in [3.05, 3.63) is 24.4 Å². The van der Waals surface area contributed by atoms with Crippen molar-refractivity contribution in [2.45, 2.75) is 50.6 Å². The van der Waals surface area contributed by atoms with Crippen LogP contribution in [0, 0.1) is 5.92 Å². The maximum Gasteiger partial charge on any atom is 0.227 e. The Balaban J connectivity index is 1.44. The molecule has 0 radical (unpaired) electrons. The summed E-state index contributed by atoms with van der Waals surface area (Å²) in [5.41, 5.74) is 0. The Hall–Kier alpha value is -1.62. The van der Waals surface area contributed by atoms with E-state index < -0.39 is 0 Å². The van der Waals surface area contributed by atoms with E-state index in [0.717, 1.165) is 44.7 Å². The van der Waals surface area contributed by atoms with Crippen LogP contribution in [0.25, 0.3) is 0 Å². The summed E-state index contributed by atoms with van der Waals surface area (Å²) in [6.07, 6.45) is 8.80. The average Bonchev–Trinajstić information content (AvgIpc) is 3.30. The van der Waals surface area contributed by atoms with E-state index in [1.165, 1.54) is 25.8 Å². The summed E-state index contributed by atoms with van der Waals surface area (Å²) in [4.78, 5) is 24.8. The van der Waals surface area contributed by atoms with Gasteiger partial charge in [-0.1, -0.05) is 6.07 Å². The quantitative estimate of drug-likeness (QED) is 0.846. The number of carbonyl (C=O) groups is 1. The van der Waals surface area contributed by atoms with Crippen molar-refractivity contribution in [1.82, 2.24) is 14.8 Å². The van der Waals surface area contributed by atoms with Crippen molar-refractivity contribution in [2.75, 3.05) is 38.1 Å². The minimum Gasteiger partial charge on any atom is -0.356 e. The zero-order valence-electron chi connectivity index (χ0n) is 15.3. The number of hydrogen-bond donors (Lipinski definition) is 0. The molecule has 3 aliphatic heterocycles. The van der Waals surface area contributed by atoms with Gasteiger partial charge < -0.3 is 14.7 Å². The Bertz CT molecular complexity index is 593. The second-order valence-corrected chi connectivity index (χ2v) is 7.90. The standard InChI is InChI=1S/C20H30N4O/c1-22-12-5-8-17(22)18-9-6-14-24(18)20(25)16-7-4-13-23(15-16)19-10-2-3-11-21-19/h2-3,10-11,16-18H,4-9,12-15H2,1H3. The minimum atomic E-state index is 0.128. The molecule has 4 heterocycles. The maximum absolute atomic E-state index is 13.3. The second kappa shape index (κ2) is 7.32. The SMILES string of the molecule is CN1CCCC1C1CCCN1C(=O)C1CCCN(c2ccccn2)C1. The third kappa shape index (κ3) is 3.39. The second-order valence-electron chi connectivity index (χ2n) is 7.90. The van der Waals surface area contributed by atoms with Crippen LogP contribution in [0.1, 0.15) is 38.5 Å². The lowest BCUT2D eigenvalue weighted by atomic mass is 9.95. The fraction of sp³-hybridized carbons (Fsp3) is 0.700. The fourth-order valence-electron chi connectivity index (χ4n) is 5.05. The lowest BCUT2D eigenvalue weighted by molar-refractivity contribution is -0.137. The Morgan fingerprint density at radius 3 is 2.60 bits per heavy atom. The van der Waals surface area contributed by atoms with Crippen LogP contribution in [0.15, 0.2) is 24.4 Å². The third-order valence-corrected chi connectivity index (χ3v) is 6.35. The molecule has 1 amide bonds. The number of anilines is 1. The molecular formula is C20H30N4O. The molecule has 0 aliphatic carbocycles. The predicted molar refractivity (Wildman–Crippen MR) is 99.6 cm³/mol. The molecule has 0 saturated carbocycles. The molecular weight excluding hydrogens is 312 g/mol. The molecule has 25 heavy (non-hydrogen) atoms. The van der Waals surface area contributed by atoms with Crippen molar-refractivity contribution in [3.63, 3.8) is 0 Å². The topological polar surface area (TPSA) is 39.7 Å². The number of aromatic nitrogens is 1. The van der Waals surface area contributed by atoms with Crippen LogP contribution in [0.2, 0.25) is 0 Å². The molecule has 3 saturated heterocycles. The monoisotopic (exact) mass is 342 g/mol. The molecule has 0 aromatic carbocycles. The number of nitrogens with zero attached hydrogens (tertiary/aromatic N) is 4. The van der Waals surface area contributed by atoms with Gasteiger partial charge >= 0.3 is 0 Å². The first-order chi connectivity index (χ1) is 12.2. The van der Waals surface area contributed by atoms with Gasteiger partial charge in [-0.15, -0.1) is 0 Å². The summed E-state index contributed by atoms with van der Waals surface area (Å²) < 4.78 is 0. The van der Waals surface area contributed by atoms with E-state index in [0.29, 0.717) is 18.0 Å². The molecule has 0 N–H and O–H groups in total. The number of pyridine rings is 1. The van der Waals surface area contributed by atoms with Gasteiger partial charge in [0, 0.05) is 37.9 Å². The smallest absolute Gasteiger partial charge is 0.227 e. The number of rotatable bonds is 3. The van der Waals surface area contributed by atoms with Gasteiger partial charge in [0.2, 0.25) is 5.91 Å². The summed E-state index contributed by atoms with van der Waals surface area (Å²) in [7, 11) is 2.22. The molecule has 5 nitrogen and oxygen atoms in total. The molecule has 1 aromatic heterocycles. The van der Waals surface area contributed by atoms with Crippen molar-refractivity contribution in [3.8, 4) is 0 Å². The highest BCUT2D eigenvalue weighted by Gasteiger charge is 2.41.